The van der Waals surface area contributed by atoms with E-state index in [-0.39, 0.29) is 0 Å². The molecule has 8 aromatic carbocycles. The van der Waals surface area contributed by atoms with Crippen LogP contribution in [-0.2, 0) is 0 Å². The first-order chi connectivity index (χ1) is 27.3. The molecule has 0 aliphatic rings. The molecule has 55 heavy (non-hydrogen) atoms. The van der Waals surface area contributed by atoms with Gasteiger partial charge in [0, 0.05) is 27.5 Å². The molecular weight excluding hydrogens is 669 g/mol. The largest absolute Gasteiger partial charge is 0.277 e. The molecule has 0 N–H and O–H groups in total. The van der Waals surface area contributed by atoms with Gasteiger partial charge in [0.1, 0.15) is 6.33 Å². The predicted molar refractivity (Wildman–Crippen MR) is 227 cm³/mol. The van der Waals surface area contributed by atoms with Crippen LogP contribution in [0.1, 0.15) is 0 Å². The van der Waals surface area contributed by atoms with Crippen LogP contribution in [0.5, 0.6) is 0 Å². The zero-order chi connectivity index (χ0) is 36.6. The van der Waals surface area contributed by atoms with Crippen molar-refractivity contribution < 1.29 is 0 Å². The van der Waals surface area contributed by atoms with E-state index in [1.165, 1.54) is 0 Å². The molecule has 2 heterocycles. The van der Waals surface area contributed by atoms with Gasteiger partial charge in [-0.05, 0) is 74.8 Å². The van der Waals surface area contributed by atoms with E-state index < -0.39 is 0 Å². The third kappa shape index (κ3) is 5.96. The van der Waals surface area contributed by atoms with E-state index in [1.54, 1.807) is 6.33 Å². The molecule has 0 spiro atoms. The third-order valence-corrected chi connectivity index (χ3v) is 10.3. The van der Waals surface area contributed by atoms with Crippen LogP contribution < -0.4 is 0 Å². The standard InChI is InChI=1S/C51H34N4/c1-6-17-35(18-7-1)40-27-16-28-41(29-40)50-52-34-53-51(54-50)55-48-44(38-23-12-4-13-24-38)30-42(36-19-8-2-9-20-36)32-46(48)47-33-43(37-21-10-3-11-22-37)31-45(49(47)55)39-25-14-5-15-26-39/h1-34H. The molecule has 0 bridgehead atoms. The van der Waals surface area contributed by atoms with Crippen molar-refractivity contribution >= 4 is 21.8 Å². The van der Waals surface area contributed by atoms with E-state index in [2.05, 4.69) is 199 Å². The monoisotopic (exact) mass is 702 g/mol. The molecule has 258 valence electrons. The van der Waals surface area contributed by atoms with E-state index in [4.69, 9.17) is 15.0 Å². The second-order valence-electron chi connectivity index (χ2n) is 13.7. The Balaban J connectivity index is 1.33. The van der Waals surface area contributed by atoms with Gasteiger partial charge in [-0.15, -0.1) is 0 Å². The fraction of sp³-hybridized carbons (Fsp3) is 0. The normalized spacial score (nSPS) is 11.3. The summed E-state index contributed by atoms with van der Waals surface area (Å²) in [5, 5.41) is 2.25. The molecule has 0 unspecified atom stereocenters. The summed E-state index contributed by atoms with van der Waals surface area (Å²) in [6, 6.07) is 70.7. The van der Waals surface area contributed by atoms with Crippen LogP contribution in [0.3, 0.4) is 0 Å². The highest BCUT2D eigenvalue weighted by Gasteiger charge is 2.24. The lowest BCUT2D eigenvalue weighted by Crippen LogP contribution is -2.05. The van der Waals surface area contributed by atoms with Crippen molar-refractivity contribution in [2.45, 2.75) is 0 Å². The van der Waals surface area contributed by atoms with E-state index in [0.29, 0.717) is 11.8 Å². The maximum Gasteiger partial charge on any atom is 0.238 e. The van der Waals surface area contributed by atoms with Gasteiger partial charge in [0.15, 0.2) is 5.82 Å². The molecule has 0 amide bonds. The molecule has 4 nitrogen and oxygen atoms in total. The van der Waals surface area contributed by atoms with Crippen LogP contribution >= 0.6 is 0 Å². The van der Waals surface area contributed by atoms with Crippen molar-refractivity contribution in [3.8, 4) is 73.0 Å². The van der Waals surface area contributed by atoms with Crippen LogP contribution in [0.4, 0.5) is 0 Å². The van der Waals surface area contributed by atoms with Crippen LogP contribution in [-0.4, -0.2) is 19.5 Å². The lowest BCUT2D eigenvalue weighted by Gasteiger charge is -2.15. The summed E-state index contributed by atoms with van der Waals surface area (Å²) in [5.74, 6) is 1.17. The van der Waals surface area contributed by atoms with E-state index in [9.17, 15) is 0 Å². The van der Waals surface area contributed by atoms with E-state index >= 15 is 0 Å². The molecule has 0 atom stereocenters. The maximum absolute atomic E-state index is 5.29. The summed E-state index contributed by atoms with van der Waals surface area (Å²) in [4.78, 5) is 15.0. The van der Waals surface area contributed by atoms with E-state index in [0.717, 1.165) is 83.0 Å². The Kier molecular flexibility index (Phi) is 8.12. The molecule has 0 fully saturated rings. The summed E-state index contributed by atoms with van der Waals surface area (Å²) in [6.45, 7) is 0. The van der Waals surface area contributed by atoms with Gasteiger partial charge in [-0.1, -0.05) is 170 Å². The first-order valence-electron chi connectivity index (χ1n) is 18.5. The second kappa shape index (κ2) is 13.8. The number of aromatic nitrogens is 4. The fourth-order valence-corrected chi connectivity index (χ4v) is 7.75. The number of hydrogen-bond acceptors (Lipinski definition) is 3. The summed E-state index contributed by atoms with van der Waals surface area (Å²) in [6.07, 6.45) is 1.64. The van der Waals surface area contributed by atoms with Gasteiger partial charge < -0.3 is 0 Å². The summed E-state index contributed by atoms with van der Waals surface area (Å²) >= 11 is 0. The Morgan fingerprint density at radius 2 is 0.709 bits per heavy atom. The maximum atomic E-state index is 5.29. The van der Waals surface area contributed by atoms with Gasteiger partial charge in [0.2, 0.25) is 5.95 Å². The SMILES string of the molecule is c1ccc(-c2cccc(-c3ncnc(-n4c5c(-c6ccccc6)cc(-c6ccccc6)cc5c5cc(-c6ccccc6)cc(-c6ccccc6)c54)n3)c2)cc1. The highest BCUT2D eigenvalue weighted by molar-refractivity contribution is 6.19. The Hall–Kier alpha value is -7.43. The molecule has 2 aromatic heterocycles. The van der Waals surface area contributed by atoms with Crippen LogP contribution in [0, 0.1) is 0 Å². The van der Waals surface area contributed by atoms with Crippen molar-refractivity contribution in [2.75, 3.05) is 0 Å². The average molecular weight is 703 g/mol. The van der Waals surface area contributed by atoms with Crippen molar-refractivity contribution in [1.29, 1.82) is 0 Å². The molecule has 0 saturated carbocycles. The first-order valence-corrected chi connectivity index (χ1v) is 18.5. The zero-order valence-corrected chi connectivity index (χ0v) is 29.9. The highest BCUT2D eigenvalue weighted by Crippen LogP contribution is 2.45. The van der Waals surface area contributed by atoms with Gasteiger partial charge in [-0.2, -0.15) is 4.98 Å². The van der Waals surface area contributed by atoms with Crippen molar-refractivity contribution in [1.82, 2.24) is 19.5 Å². The Morgan fingerprint density at radius 1 is 0.309 bits per heavy atom. The quantitative estimate of drug-likeness (QED) is 0.166. The van der Waals surface area contributed by atoms with Gasteiger partial charge in [-0.3, -0.25) is 4.57 Å². The van der Waals surface area contributed by atoms with Crippen LogP contribution in [0.15, 0.2) is 207 Å². The fourth-order valence-electron chi connectivity index (χ4n) is 7.75. The topological polar surface area (TPSA) is 43.6 Å². The molecule has 0 aliphatic carbocycles. The summed E-state index contributed by atoms with van der Waals surface area (Å²) < 4.78 is 2.27. The van der Waals surface area contributed by atoms with E-state index in [1.807, 2.05) is 6.07 Å². The molecule has 10 rings (SSSR count). The number of hydrogen-bond donors (Lipinski definition) is 0. The number of fused-ring (bicyclic) bond motifs is 3. The number of nitrogens with zero attached hydrogens (tertiary/aromatic N) is 4. The average Bonchev–Trinajstić information content (AvgIpc) is 3.61. The molecular formula is C51H34N4. The van der Waals surface area contributed by atoms with Gasteiger partial charge in [-0.25, -0.2) is 9.97 Å². The molecule has 0 radical (unpaired) electrons. The second-order valence-corrected chi connectivity index (χ2v) is 13.7. The molecule has 10 aromatic rings. The molecule has 4 heteroatoms. The molecule has 0 saturated heterocycles. The van der Waals surface area contributed by atoms with Crippen molar-refractivity contribution in [3.05, 3.63) is 207 Å². The Morgan fingerprint density at radius 3 is 1.18 bits per heavy atom. The van der Waals surface area contributed by atoms with Gasteiger partial charge in [0.05, 0.1) is 11.0 Å². The van der Waals surface area contributed by atoms with Crippen LogP contribution in [0.25, 0.3) is 94.8 Å². The zero-order valence-electron chi connectivity index (χ0n) is 29.9. The molecule has 0 aliphatic heterocycles. The lowest BCUT2D eigenvalue weighted by atomic mass is 9.93. The minimum Gasteiger partial charge on any atom is -0.277 e. The highest BCUT2D eigenvalue weighted by atomic mass is 15.2. The Bertz CT molecular complexity index is 2800. The van der Waals surface area contributed by atoms with Gasteiger partial charge in [0.25, 0.3) is 0 Å². The predicted octanol–water partition coefficient (Wildman–Crippen LogP) is 13.0. The first kappa shape index (κ1) is 32.2. The lowest BCUT2D eigenvalue weighted by molar-refractivity contribution is 0.947. The Labute approximate surface area is 319 Å². The minimum absolute atomic E-state index is 0.560. The number of benzene rings is 8. The van der Waals surface area contributed by atoms with Crippen LogP contribution in [0.2, 0.25) is 0 Å². The summed E-state index contributed by atoms with van der Waals surface area (Å²) in [5.41, 5.74) is 14.3. The third-order valence-electron chi connectivity index (χ3n) is 10.3. The smallest absolute Gasteiger partial charge is 0.238 e. The number of rotatable bonds is 7. The van der Waals surface area contributed by atoms with Gasteiger partial charge >= 0.3 is 0 Å². The summed E-state index contributed by atoms with van der Waals surface area (Å²) in [7, 11) is 0. The van der Waals surface area contributed by atoms with Crippen molar-refractivity contribution in [3.63, 3.8) is 0 Å². The minimum atomic E-state index is 0.560. The van der Waals surface area contributed by atoms with Crippen molar-refractivity contribution in [2.24, 2.45) is 0 Å².